The number of nitrogens with two attached hydrogens (primary N) is 1. The van der Waals surface area contributed by atoms with Crippen molar-refractivity contribution in [2.45, 2.75) is 13.1 Å². The van der Waals surface area contributed by atoms with Crippen LogP contribution in [0.2, 0.25) is 0 Å². The second-order valence-corrected chi connectivity index (χ2v) is 9.84. The number of hydrogen-bond donors (Lipinski definition) is 1. The molecule has 1 aliphatic rings. The number of alkyl halides is 3. The van der Waals surface area contributed by atoms with Crippen LogP contribution in [0.4, 0.5) is 32.8 Å². The van der Waals surface area contributed by atoms with Crippen LogP contribution in [0, 0.1) is 23.0 Å². The largest absolute Gasteiger partial charge is 0.467 e. The van der Waals surface area contributed by atoms with Crippen molar-refractivity contribution in [2.24, 2.45) is 0 Å². The Hall–Kier alpha value is -4.25. The molecule has 2 aromatic heterocycles. The lowest BCUT2D eigenvalue weighted by Gasteiger charge is -2.35. The number of methoxy groups -OCH3 is 1. The molecule has 39 heavy (non-hydrogen) atoms. The third-order valence-electron chi connectivity index (χ3n) is 6.60. The SMILES string of the molecule is COc1nc(N2CCN(C(C)=O)CC2)c2cc(C(F)(F)F)c(-c3ccc(F)c4sc(N)c(C#N)c34)c(F)c2n1. The zero-order valence-corrected chi connectivity index (χ0v) is 21.3. The first kappa shape index (κ1) is 26.4. The Labute approximate surface area is 222 Å². The lowest BCUT2D eigenvalue weighted by atomic mass is 9.92. The second kappa shape index (κ2) is 9.49. The minimum absolute atomic E-state index is 0.0118. The van der Waals surface area contributed by atoms with Gasteiger partial charge in [-0.15, -0.1) is 11.3 Å². The van der Waals surface area contributed by atoms with Crippen molar-refractivity contribution in [3.05, 3.63) is 41.0 Å². The maximum atomic E-state index is 16.3. The van der Waals surface area contributed by atoms with Crippen LogP contribution in [0.1, 0.15) is 18.1 Å². The molecule has 0 radical (unpaired) electrons. The smallest absolute Gasteiger partial charge is 0.417 e. The van der Waals surface area contributed by atoms with E-state index in [9.17, 15) is 27.6 Å². The number of rotatable bonds is 3. The summed E-state index contributed by atoms with van der Waals surface area (Å²) < 4.78 is 79.4. The van der Waals surface area contributed by atoms with E-state index in [1.54, 1.807) is 15.9 Å². The number of nitriles is 1. The highest BCUT2D eigenvalue weighted by molar-refractivity contribution is 7.23. The van der Waals surface area contributed by atoms with Crippen molar-refractivity contribution < 1.29 is 31.5 Å². The average molecular weight is 563 g/mol. The van der Waals surface area contributed by atoms with E-state index in [1.807, 2.05) is 0 Å². The number of halogens is 5. The molecule has 1 amide bonds. The number of hydrogen-bond acceptors (Lipinski definition) is 8. The van der Waals surface area contributed by atoms with Crippen LogP contribution in [0.15, 0.2) is 18.2 Å². The Morgan fingerprint density at radius 3 is 2.46 bits per heavy atom. The first-order valence-electron chi connectivity index (χ1n) is 11.5. The molecular formula is C25H19F5N6O2S. The summed E-state index contributed by atoms with van der Waals surface area (Å²) >= 11 is 0.687. The van der Waals surface area contributed by atoms with Crippen molar-refractivity contribution in [1.82, 2.24) is 14.9 Å². The maximum Gasteiger partial charge on any atom is 0.417 e. The first-order valence-corrected chi connectivity index (χ1v) is 12.3. The first-order chi connectivity index (χ1) is 18.5. The molecule has 1 saturated heterocycles. The molecule has 2 aromatic carbocycles. The molecular weight excluding hydrogens is 543 g/mol. The molecule has 0 saturated carbocycles. The van der Waals surface area contributed by atoms with Crippen LogP contribution in [0.5, 0.6) is 6.01 Å². The van der Waals surface area contributed by atoms with Gasteiger partial charge >= 0.3 is 12.2 Å². The van der Waals surface area contributed by atoms with Gasteiger partial charge in [0.2, 0.25) is 5.91 Å². The van der Waals surface area contributed by atoms with Gasteiger partial charge in [0.25, 0.3) is 0 Å². The summed E-state index contributed by atoms with van der Waals surface area (Å²) in [6.45, 7) is 2.46. The van der Waals surface area contributed by atoms with Crippen molar-refractivity contribution in [1.29, 1.82) is 5.26 Å². The quantitative estimate of drug-likeness (QED) is 0.353. The van der Waals surface area contributed by atoms with Gasteiger partial charge in [0.1, 0.15) is 28.2 Å². The third-order valence-corrected chi connectivity index (χ3v) is 7.63. The summed E-state index contributed by atoms with van der Waals surface area (Å²) in [5.74, 6) is -2.28. The van der Waals surface area contributed by atoms with Gasteiger partial charge in [0.05, 0.1) is 22.9 Å². The molecule has 1 fully saturated rings. The summed E-state index contributed by atoms with van der Waals surface area (Å²) in [5, 5.41) is 9.07. The molecule has 4 aromatic rings. The van der Waals surface area contributed by atoms with E-state index in [1.165, 1.54) is 14.0 Å². The van der Waals surface area contributed by atoms with Crippen LogP contribution in [-0.2, 0) is 11.0 Å². The van der Waals surface area contributed by atoms with Gasteiger partial charge in [-0.2, -0.15) is 28.4 Å². The fourth-order valence-electron chi connectivity index (χ4n) is 4.75. The Kier molecular flexibility index (Phi) is 6.42. The van der Waals surface area contributed by atoms with Crippen molar-refractivity contribution >= 4 is 49.1 Å². The van der Waals surface area contributed by atoms with E-state index in [4.69, 9.17) is 10.5 Å². The molecule has 8 nitrogen and oxygen atoms in total. The van der Waals surface area contributed by atoms with Crippen LogP contribution in [-0.4, -0.2) is 54.1 Å². The number of carbonyl (C=O) groups is 1. The minimum Gasteiger partial charge on any atom is -0.467 e. The Bertz CT molecular complexity index is 1690. The Balaban J connectivity index is 1.83. The second-order valence-electron chi connectivity index (χ2n) is 8.79. The van der Waals surface area contributed by atoms with Gasteiger partial charge in [0, 0.05) is 49.4 Å². The number of benzene rings is 2. The van der Waals surface area contributed by atoms with Gasteiger partial charge in [-0.05, 0) is 17.7 Å². The maximum absolute atomic E-state index is 16.3. The number of anilines is 2. The summed E-state index contributed by atoms with van der Waals surface area (Å²) in [7, 11) is 1.23. The van der Waals surface area contributed by atoms with Crippen LogP contribution in [0.25, 0.3) is 32.1 Å². The average Bonchev–Trinajstić information content (AvgIpc) is 3.25. The van der Waals surface area contributed by atoms with Crippen LogP contribution in [0.3, 0.4) is 0 Å². The number of thiophene rings is 1. The highest BCUT2D eigenvalue weighted by atomic mass is 32.1. The summed E-state index contributed by atoms with van der Waals surface area (Å²) in [4.78, 5) is 23.2. The summed E-state index contributed by atoms with van der Waals surface area (Å²) in [6, 6.07) is 4.15. The molecule has 14 heteroatoms. The molecule has 0 bridgehead atoms. The highest BCUT2D eigenvalue weighted by Crippen LogP contribution is 2.48. The van der Waals surface area contributed by atoms with Gasteiger partial charge in [0.15, 0.2) is 5.82 Å². The molecule has 5 rings (SSSR count). The molecule has 2 N–H and O–H groups in total. The van der Waals surface area contributed by atoms with E-state index in [-0.39, 0.29) is 62.4 Å². The monoisotopic (exact) mass is 562 g/mol. The van der Waals surface area contributed by atoms with Crippen LogP contribution >= 0.6 is 11.3 Å². The molecule has 202 valence electrons. The summed E-state index contributed by atoms with van der Waals surface area (Å²) in [5.41, 5.74) is 2.54. The topological polar surface area (TPSA) is 108 Å². The predicted octanol–water partition coefficient (Wildman–Crippen LogP) is 4.94. The molecule has 0 atom stereocenters. The fraction of sp³-hybridized carbons (Fsp3) is 0.280. The molecule has 1 aliphatic heterocycles. The number of amides is 1. The number of carbonyl (C=O) groups excluding carboxylic acids is 1. The van der Waals surface area contributed by atoms with Crippen LogP contribution < -0.4 is 15.4 Å². The molecule has 0 unspecified atom stereocenters. The number of nitrogens with zero attached hydrogens (tertiary/aromatic N) is 5. The fourth-order valence-corrected chi connectivity index (χ4v) is 5.70. The van der Waals surface area contributed by atoms with Gasteiger partial charge < -0.3 is 20.3 Å². The normalized spacial score (nSPS) is 14.2. The van der Waals surface area contributed by atoms with E-state index in [0.717, 1.165) is 18.2 Å². The van der Waals surface area contributed by atoms with Crippen molar-refractivity contribution in [3.63, 3.8) is 0 Å². The van der Waals surface area contributed by atoms with Crippen molar-refractivity contribution in [3.8, 4) is 23.2 Å². The van der Waals surface area contributed by atoms with Gasteiger partial charge in [-0.3, -0.25) is 4.79 Å². The number of fused-ring (bicyclic) bond motifs is 2. The van der Waals surface area contributed by atoms with Crippen molar-refractivity contribution in [2.75, 3.05) is 43.9 Å². The van der Waals surface area contributed by atoms with E-state index in [2.05, 4.69) is 9.97 Å². The standard InChI is InChI=1S/C25H19F5N6O2S/c1-11(37)35-5-7-36(8-6-35)23-13-9-15(25(28,29)30)18(19(27)20(13)33-24(34-23)38-2)12-3-4-16(26)21-17(12)14(10-31)22(32)39-21/h3-4,9H,5-8,32H2,1-2H3. The van der Waals surface area contributed by atoms with E-state index in [0.29, 0.717) is 24.4 Å². The summed E-state index contributed by atoms with van der Waals surface area (Å²) in [6.07, 6.45) is -5.05. The Morgan fingerprint density at radius 1 is 1.18 bits per heavy atom. The number of aromatic nitrogens is 2. The number of ether oxygens (including phenoxy) is 1. The number of piperazine rings is 1. The molecule has 0 spiro atoms. The van der Waals surface area contributed by atoms with Gasteiger partial charge in [-0.1, -0.05) is 6.07 Å². The van der Waals surface area contributed by atoms with E-state index >= 15 is 4.39 Å². The predicted molar refractivity (Wildman–Crippen MR) is 135 cm³/mol. The van der Waals surface area contributed by atoms with Gasteiger partial charge in [-0.25, -0.2) is 8.78 Å². The zero-order chi connectivity index (χ0) is 28.2. The zero-order valence-electron chi connectivity index (χ0n) is 20.5. The molecule has 3 heterocycles. The number of nitrogen functional groups attached to an aromatic ring is 1. The highest BCUT2D eigenvalue weighted by Gasteiger charge is 2.38. The van der Waals surface area contributed by atoms with E-state index < -0.39 is 34.5 Å². The minimum atomic E-state index is -5.05. The lowest BCUT2D eigenvalue weighted by molar-refractivity contribution is -0.137. The Morgan fingerprint density at radius 2 is 1.87 bits per heavy atom. The lowest BCUT2D eigenvalue weighted by Crippen LogP contribution is -2.48. The molecule has 0 aliphatic carbocycles. The third kappa shape index (κ3) is 4.32.